The lowest BCUT2D eigenvalue weighted by molar-refractivity contribution is 0.164. The predicted octanol–water partition coefficient (Wildman–Crippen LogP) is 4.23. The fourth-order valence-electron chi connectivity index (χ4n) is 4.10. The number of oxazole rings is 2. The Bertz CT molecular complexity index is 1150. The molecule has 2 aromatic carbocycles. The summed E-state index contributed by atoms with van der Waals surface area (Å²) in [5.74, 6) is 1.70. The molecule has 0 saturated carbocycles. The number of aromatic amines is 1. The Labute approximate surface area is 168 Å². The molecule has 29 heavy (non-hydrogen) atoms. The third-order valence-electron chi connectivity index (χ3n) is 5.69. The Balaban J connectivity index is 1.20. The number of nitrogens with zero attached hydrogens (tertiary/aromatic N) is 2. The summed E-state index contributed by atoms with van der Waals surface area (Å²) in [5.41, 5.74) is 3.47. The normalized spacial score (nSPS) is 15.9. The molecule has 1 saturated heterocycles. The number of fused-ring (bicyclic) bond motifs is 1. The Morgan fingerprint density at radius 1 is 1.07 bits per heavy atom. The van der Waals surface area contributed by atoms with E-state index in [9.17, 15) is 4.79 Å². The van der Waals surface area contributed by atoms with Gasteiger partial charge in [-0.1, -0.05) is 30.3 Å². The van der Waals surface area contributed by atoms with Crippen LogP contribution < -0.4 is 5.76 Å². The van der Waals surface area contributed by atoms with Crippen LogP contribution in [0, 0.1) is 5.92 Å². The number of hydrogen-bond donors (Lipinski definition) is 1. The molecule has 3 heterocycles. The summed E-state index contributed by atoms with van der Waals surface area (Å²) in [4.78, 5) is 20.8. The summed E-state index contributed by atoms with van der Waals surface area (Å²) in [6.45, 7) is 2.85. The number of benzene rings is 2. The van der Waals surface area contributed by atoms with E-state index in [4.69, 9.17) is 8.83 Å². The minimum absolute atomic E-state index is 0.453. The van der Waals surface area contributed by atoms with Gasteiger partial charge >= 0.3 is 5.76 Å². The first kappa shape index (κ1) is 17.9. The van der Waals surface area contributed by atoms with Crippen molar-refractivity contribution in [3.63, 3.8) is 0 Å². The van der Waals surface area contributed by atoms with Crippen LogP contribution in [0.2, 0.25) is 0 Å². The third-order valence-corrected chi connectivity index (χ3v) is 5.69. The Morgan fingerprint density at radius 2 is 1.90 bits per heavy atom. The van der Waals surface area contributed by atoms with E-state index in [2.05, 4.69) is 45.2 Å². The molecular weight excluding hydrogens is 366 g/mol. The molecule has 6 nitrogen and oxygen atoms in total. The van der Waals surface area contributed by atoms with Gasteiger partial charge in [0.15, 0.2) is 11.3 Å². The van der Waals surface area contributed by atoms with Crippen LogP contribution >= 0.6 is 0 Å². The van der Waals surface area contributed by atoms with Crippen LogP contribution in [-0.4, -0.2) is 28.0 Å². The van der Waals surface area contributed by atoms with Gasteiger partial charge in [0, 0.05) is 5.56 Å². The molecule has 1 fully saturated rings. The highest BCUT2D eigenvalue weighted by atomic mass is 16.4. The second kappa shape index (κ2) is 7.72. The van der Waals surface area contributed by atoms with E-state index in [0.29, 0.717) is 16.9 Å². The second-order valence-electron chi connectivity index (χ2n) is 7.75. The fraction of sp³-hybridized carbons (Fsp3) is 0.304. The molecule has 0 amide bonds. The third kappa shape index (κ3) is 4.03. The summed E-state index contributed by atoms with van der Waals surface area (Å²) in [7, 11) is 0. The lowest BCUT2D eigenvalue weighted by atomic mass is 9.90. The van der Waals surface area contributed by atoms with Gasteiger partial charge in [0.1, 0.15) is 0 Å². The molecular formula is C23H23N3O3. The van der Waals surface area contributed by atoms with Gasteiger partial charge in [0.2, 0.25) is 5.89 Å². The number of piperidine rings is 1. The van der Waals surface area contributed by atoms with Crippen LogP contribution in [0.4, 0.5) is 0 Å². The number of rotatable bonds is 5. The van der Waals surface area contributed by atoms with Crippen LogP contribution in [0.5, 0.6) is 0 Å². The first-order valence-corrected chi connectivity index (χ1v) is 10.1. The van der Waals surface area contributed by atoms with Gasteiger partial charge in [-0.05, 0) is 62.0 Å². The number of nitrogens with one attached hydrogen (secondary N) is 1. The van der Waals surface area contributed by atoms with Crippen LogP contribution in [-0.2, 0) is 13.0 Å². The highest BCUT2D eigenvalue weighted by molar-refractivity contribution is 5.78. The van der Waals surface area contributed by atoms with Gasteiger partial charge < -0.3 is 8.83 Å². The largest absolute Gasteiger partial charge is 0.439 e. The van der Waals surface area contributed by atoms with Crippen molar-refractivity contribution in [2.24, 2.45) is 5.92 Å². The standard InChI is InChI=1S/C23H23N3O3/c27-23-25-19-7-6-18(13-20(19)29-23)21-14-24-22(28-21)15-26-10-8-17(9-11-26)12-16-4-2-1-3-5-16/h1-7,13-14,17H,8-12,15H2,(H,25,27). The molecule has 0 spiro atoms. The SMILES string of the molecule is O=c1[nH]c2ccc(-c3cnc(CN4CCC(Cc5ccccc5)CC4)o3)cc2o1. The van der Waals surface area contributed by atoms with Gasteiger partial charge in [0.05, 0.1) is 18.3 Å². The summed E-state index contributed by atoms with van der Waals surface area (Å²) in [5, 5.41) is 0. The first-order valence-electron chi connectivity index (χ1n) is 10.1. The molecule has 1 aliphatic heterocycles. The van der Waals surface area contributed by atoms with E-state index in [0.717, 1.165) is 43.4 Å². The molecule has 0 atom stereocenters. The van der Waals surface area contributed by atoms with Crippen LogP contribution in [0.1, 0.15) is 24.3 Å². The lowest BCUT2D eigenvalue weighted by Gasteiger charge is -2.31. The number of aromatic nitrogens is 2. The molecule has 1 N–H and O–H groups in total. The molecule has 6 heteroatoms. The molecule has 148 valence electrons. The van der Waals surface area contributed by atoms with E-state index in [1.54, 1.807) is 12.3 Å². The maximum atomic E-state index is 11.3. The Hall–Kier alpha value is -3.12. The Kier molecular flexibility index (Phi) is 4.77. The summed E-state index contributed by atoms with van der Waals surface area (Å²) < 4.78 is 11.1. The predicted molar refractivity (Wildman–Crippen MR) is 110 cm³/mol. The van der Waals surface area contributed by atoms with Gasteiger partial charge in [-0.2, -0.15) is 0 Å². The second-order valence-corrected chi connectivity index (χ2v) is 7.75. The Morgan fingerprint density at radius 3 is 2.72 bits per heavy atom. The van der Waals surface area contributed by atoms with Gasteiger partial charge in [-0.3, -0.25) is 9.88 Å². The van der Waals surface area contributed by atoms with E-state index in [1.807, 2.05) is 12.1 Å². The highest BCUT2D eigenvalue weighted by Crippen LogP contribution is 2.26. The van der Waals surface area contributed by atoms with Crippen molar-refractivity contribution in [1.82, 2.24) is 14.9 Å². The maximum absolute atomic E-state index is 11.3. The van der Waals surface area contributed by atoms with Gasteiger partial charge in [-0.25, -0.2) is 9.78 Å². The quantitative estimate of drug-likeness (QED) is 0.553. The van der Waals surface area contributed by atoms with Crippen molar-refractivity contribution >= 4 is 11.1 Å². The van der Waals surface area contributed by atoms with Crippen LogP contribution in [0.15, 0.2) is 68.4 Å². The number of likely N-dealkylation sites (tertiary alicyclic amines) is 1. The minimum Gasteiger partial charge on any atom is -0.439 e. The number of hydrogen-bond acceptors (Lipinski definition) is 5. The summed E-state index contributed by atoms with van der Waals surface area (Å²) >= 11 is 0. The summed E-state index contributed by atoms with van der Waals surface area (Å²) in [6.07, 6.45) is 5.30. The van der Waals surface area contributed by atoms with Crippen molar-refractivity contribution < 1.29 is 8.83 Å². The fourth-order valence-corrected chi connectivity index (χ4v) is 4.10. The topological polar surface area (TPSA) is 75.3 Å². The first-order chi connectivity index (χ1) is 14.2. The van der Waals surface area contributed by atoms with E-state index >= 15 is 0 Å². The maximum Gasteiger partial charge on any atom is 0.417 e. The average Bonchev–Trinajstić information content (AvgIpc) is 3.35. The van der Waals surface area contributed by atoms with E-state index in [-0.39, 0.29) is 0 Å². The zero-order valence-electron chi connectivity index (χ0n) is 16.1. The lowest BCUT2D eigenvalue weighted by Crippen LogP contribution is -2.33. The molecule has 5 rings (SSSR count). The van der Waals surface area contributed by atoms with Crippen LogP contribution in [0.3, 0.4) is 0 Å². The molecule has 0 aliphatic carbocycles. The van der Waals surface area contributed by atoms with E-state index < -0.39 is 5.76 Å². The summed E-state index contributed by atoms with van der Waals surface area (Å²) in [6, 6.07) is 16.3. The molecule has 1 aliphatic rings. The van der Waals surface area contributed by atoms with Gasteiger partial charge in [0.25, 0.3) is 0 Å². The highest BCUT2D eigenvalue weighted by Gasteiger charge is 2.21. The zero-order valence-corrected chi connectivity index (χ0v) is 16.1. The average molecular weight is 389 g/mol. The van der Waals surface area contributed by atoms with Crippen LogP contribution in [0.25, 0.3) is 22.4 Å². The molecule has 0 unspecified atom stereocenters. The van der Waals surface area contributed by atoms with Gasteiger partial charge in [-0.15, -0.1) is 0 Å². The van der Waals surface area contributed by atoms with Crippen molar-refractivity contribution in [3.05, 3.63) is 76.7 Å². The van der Waals surface area contributed by atoms with Crippen molar-refractivity contribution in [3.8, 4) is 11.3 Å². The molecule has 0 bridgehead atoms. The van der Waals surface area contributed by atoms with Crippen molar-refractivity contribution in [2.45, 2.75) is 25.8 Å². The zero-order chi connectivity index (χ0) is 19.6. The minimum atomic E-state index is -0.453. The molecule has 4 aromatic rings. The van der Waals surface area contributed by atoms with Crippen molar-refractivity contribution in [2.75, 3.05) is 13.1 Å². The smallest absolute Gasteiger partial charge is 0.417 e. The monoisotopic (exact) mass is 389 g/mol. The van der Waals surface area contributed by atoms with E-state index in [1.165, 1.54) is 18.4 Å². The number of H-pyrrole nitrogens is 1. The molecule has 2 aromatic heterocycles. The molecule has 0 radical (unpaired) electrons. The van der Waals surface area contributed by atoms with Crippen molar-refractivity contribution in [1.29, 1.82) is 0 Å².